The number of aromatic nitrogens is 2. The van der Waals surface area contributed by atoms with Crippen LogP contribution in [0.2, 0.25) is 10.0 Å². The van der Waals surface area contributed by atoms with Crippen LogP contribution in [0.4, 0.5) is 0 Å². The summed E-state index contributed by atoms with van der Waals surface area (Å²) in [6.45, 7) is 4.29. The Hall–Kier alpha value is -5.16. The van der Waals surface area contributed by atoms with Crippen LogP contribution in [0.3, 0.4) is 0 Å². The lowest BCUT2D eigenvalue weighted by molar-refractivity contribution is 0.0955. The molecule has 0 radical (unpaired) electrons. The van der Waals surface area contributed by atoms with Crippen molar-refractivity contribution in [2.75, 3.05) is 24.7 Å². The van der Waals surface area contributed by atoms with E-state index in [1.54, 1.807) is 67.0 Å². The molecule has 1 N–H and O–H groups in total. The van der Waals surface area contributed by atoms with E-state index in [9.17, 15) is 18.0 Å². The normalized spacial score (nSPS) is 11.4. The number of ether oxygens (including phenoxy) is 2. The number of Topliss-reactive ketones (excluding diaryl/α,β-unsaturated/α-hetero) is 1. The Balaban J connectivity index is 1.19. The lowest BCUT2D eigenvalue weighted by Crippen LogP contribution is -2.31. The second-order valence-electron chi connectivity index (χ2n) is 13.0. The number of carbonyl (C=O) groups excluding carboxylic acids is 2. The molecule has 9 nitrogen and oxygen atoms in total. The summed E-state index contributed by atoms with van der Waals surface area (Å²) in [6, 6.07) is 28.6. The molecule has 278 valence electrons. The van der Waals surface area contributed by atoms with Crippen LogP contribution >= 0.6 is 23.2 Å². The Morgan fingerprint density at radius 3 is 2.35 bits per heavy atom. The Bertz CT molecular complexity index is 2380. The summed E-state index contributed by atoms with van der Waals surface area (Å²) in [4.78, 5) is 31.4. The number of para-hydroxylation sites is 1. The third kappa shape index (κ3) is 9.68. The van der Waals surface area contributed by atoms with E-state index in [-0.39, 0.29) is 18.8 Å². The maximum absolute atomic E-state index is 14.2. The maximum atomic E-state index is 14.2. The molecule has 1 amide bonds. The van der Waals surface area contributed by atoms with Gasteiger partial charge in [0, 0.05) is 46.5 Å². The summed E-state index contributed by atoms with van der Waals surface area (Å²) in [7, 11) is -3.96. The smallest absolute Gasteiger partial charge is 0.251 e. The van der Waals surface area contributed by atoms with Gasteiger partial charge in [-0.05, 0) is 110 Å². The van der Waals surface area contributed by atoms with E-state index in [1.165, 1.54) is 0 Å². The molecule has 0 saturated heterocycles. The maximum Gasteiger partial charge on any atom is 0.251 e. The number of amides is 1. The zero-order valence-electron chi connectivity index (χ0n) is 29.9. The highest BCUT2D eigenvalue weighted by Crippen LogP contribution is 2.32. The molecule has 0 atom stereocenters. The number of rotatable bonds is 16. The number of halogens is 2. The van der Waals surface area contributed by atoms with Gasteiger partial charge in [0.05, 0.1) is 23.6 Å². The van der Waals surface area contributed by atoms with Gasteiger partial charge in [-0.15, -0.1) is 0 Å². The summed E-state index contributed by atoms with van der Waals surface area (Å²) < 4.78 is 40.7. The number of benzene rings is 4. The fourth-order valence-corrected chi connectivity index (χ4v) is 7.69. The van der Waals surface area contributed by atoms with Crippen LogP contribution in [0.25, 0.3) is 10.9 Å². The van der Waals surface area contributed by atoms with E-state index in [0.29, 0.717) is 63.4 Å². The van der Waals surface area contributed by atoms with Crippen molar-refractivity contribution < 1.29 is 27.5 Å². The topological polar surface area (TPSA) is 117 Å². The predicted molar refractivity (Wildman–Crippen MR) is 213 cm³/mol. The summed E-state index contributed by atoms with van der Waals surface area (Å²) >= 11 is 12.8. The molecule has 12 heteroatoms. The number of hydrogen-bond acceptors (Lipinski definition) is 7. The molecule has 0 aliphatic carbocycles. The minimum absolute atomic E-state index is 0.180. The van der Waals surface area contributed by atoms with E-state index in [0.717, 1.165) is 22.1 Å². The number of hydrogen-bond donors (Lipinski definition) is 1. The first-order chi connectivity index (χ1) is 26.0. The van der Waals surface area contributed by atoms with Gasteiger partial charge in [0.2, 0.25) is 0 Å². The van der Waals surface area contributed by atoms with Crippen molar-refractivity contribution in [3.63, 3.8) is 0 Å². The molecule has 6 aromatic rings. The van der Waals surface area contributed by atoms with E-state index < -0.39 is 33.0 Å². The van der Waals surface area contributed by atoms with Gasteiger partial charge in [0.25, 0.3) is 5.91 Å². The standard InChI is InChI=1S/C42H39Cl2N3O6S/c1-28-21-35(22-29(2)40(28)44)52-19-8-14-37-36-16-15-32(43)24-38(36)47(26-30-9-7-17-45-25-30)41(37)39(48)27-54(50,51)20-18-46-42(49)31-10-6-13-34(23-31)53-33-11-4-3-5-12-33/h3-7,9-13,15-17,21-25H,8,14,18-20,26-27H2,1-2H3,(H,46,49). The number of nitrogens with zero attached hydrogens (tertiary/aromatic N) is 2. The van der Waals surface area contributed by atoms with E-state index in [4.69, 9.17) is 32.7 Å². The van der Waals surface area contributed by atoms with Crippen molar-refractivity contribution in [3.8, 4) is 17.2 Å². The van der Waals surface area contributed by atoms with Gasteiger partial charge in [0.15, 0.2) is 15.6 Å². The average molecular weight is 785 g/mol. The van der Waals surface area contributed by atoms with Gasteiger partial charge in [-0.3, -0.25) is 14.6 Å². The Labute approximate surface area is 324 Å². The molecule has 4 aromatic carbocycles. The lowest BCUT2D eigenvalue weighted by Gasteiger charge is -2.13. The zero-order valence-corrected chi connectivity index (χ0v) is 32.2. The number of fused-ring (bicyclic) bond motifs is 1. The van der Waals surface area contributed by atoms with Crippen LogP contribution in [0.5, 0.6) is 17.2 Å². The highest BCUT2D eigenvalue weighted by Gasteiger charge is 2.27. The van der Waals surface area contributed by atoms with Crippen LogP contribution in [-0.4, -0.2) is 54.3 Å². The summed E-state index contributed by atoms with van der Waals surface area (Å²) in [5.41, 5.74) is 4.68. The summed E-state index contributed by atoms with van der Waals surface area (Å²) in [5, 5.41) is 4.64. The van der Waals surface area contributed by atoms with Crippen LogP contribution in [-0.2, 0) is 22.8 Å². The quantitative estimate of drug-likeness (QED) is 0.0770. The fourth-order valence-electron chi connectivity index (χ4n) is 6.32. The number of nitrogens with one attached hydrogen (secondary N) is 1. The van der Waals surface area contributed by atoms with Gasteiger partial charge in [0.1, 0.15) is 23.0 Å². The highest BCUT2D eigenvalue weighted by atomic mass is 35.5. The molecule has 0 aliphatic heterocycles. The third-order valence-corrected chi connectivity index (χ3v) is 11.2. The molecule has 6 rings (SSSR count). The first-order valence-electron chi connectivity index (χ1n) is 17.4. The Morgan fingerprint density at radius 2 is 1.61 bits per heavy atom. The second kappa shape index (κ2) is 17.3. The molecular formula is C42H39Cl2N3O6S. The third-order valence-electron chi connectivity index (χ3n) is 8.83. The highest BCUT2D eigenvalue weighted by molar-refractivity contribution is 7.92. The Morgan fingerprint density at radius 1 is 0.852 bits per heavy atom. The average Bonchev–Trinajstić information content (AvgIpc) is 3.44. The predicted octanol–water partition coefficient (Wildman–Crippen LogP) is 8.84. The SMILES string of the molecule is Cc1cc(OCCCc2c(C(=O)CS(=O)(=O)CCNC(=O)c3cccc(Oc4ccccc4)c3)n(Cc3cccnc3)c3cc(Cl)ccc23)cc(C)c1Cl. The lowest BCUT2D eigenvalue weighted by atomic mass is 10.0. The van der Waals surface area contributed by atoms with Crippen molar-refractivity contribution >= 4 is 55.6 Å². The van der Waals surface area contributed by atoms with Crippen molar-refractivity contribution in [1.82, 2.24) is 14.9 Å². The minimum Gasteiger partial charge on any atom is -0.494 e. The van der Waals surface area contributed by atoms with Crippen LogP contribution in [0.1, 0.15) is 49.5 Å². The van der Waals surface area contributed by atoms with Crippen molar-refractivity contribution in [1.29, 1.82) is 0 Å². The van der Waals surface area contributed by atoms with Crippen molar-refractivity contribution in [3.05, 3.63) is 153 Å². The van der Waals surface area contributed by atoms with Crippen LogP contribution in [0.15, 0.2) is 109 Å². The molecule has 0 spiro atoms. The van der Waals surface area contributed by atoms with Crippen molar-refractivity contribution in [2.24, 2.45) is 0 Å². The van der Waals surface area contributed by atoms with Gasteiger partial charge < -0.3 is 19.4 Å². The molecule has 2 heterocycles. The fraction of sp³-hybridized carbons (Fsp3) is 0.214. The number of sulfone groups is 1. The van der Waals surface area contributed by atoms with Gasteiger partial charge in [-0.25, -0.2) is 8.42 Å². The number of carbonyl (C=O) groups is 2. The second-order valence-corrected chi connectivity index (χ2v) is 16.0. The summed E-state index contributed by atoms with van der Waals surface area (Å²) in [5.74, 6) is -0.404. The van der Waals surface area contributed by atoms with E-state index in [2.05, 4.69) is 10.3 Å². The van der Waals surface area contributed by atoms with Gasteiger partial charge in [-0.2, -0.15) is 0 Å². The molecule has 0 unspecified atom stereocenters. The first kappa shape index (κ1) is 38.6. The molecule has 0 saturated carbocycles. The molecule has 2 aromatic heterocycles. The summed E-state index contributed by atoms with van der Waals surface area (Å²) in [6.07, 6.45) is 4.35. The first-order valence-corrected chi connectivity index (χ1v) is 20.0. The van der Waals surface area contributed by atoms with Gasteiger partial charge in [-0.1, -0.05) is 59.6 Å². The molecule has 0 fully saturated rings. The Kier molecular flexibility index (Phi) is 12.4. The molecule has 0 bridgehead atoms. The number of pyridine rings is 1. The largest absolute Gasteiger partial charge is 0.494 e. The number of ketones is 1. The molecule has 0 aliphatic rings. The van der Waals surface area contributed by atoms with E-state index in [1.807, 2.05) is 60.9 Å². The zero-order chi connectivity index (χ0) is 38.2. The van der Waals surface area contributed by atoms with Gasteiger partial charge >= 0.3 is 0 Å². The van der Waals surface area contributed by atoms with Crippen LogP contribution < -0.4 is 14.8 Å². The molecule has 54 heavy (non-hydrogen) atoms. The molecular weight excluding hydrogens is 745 g/mol. The number of aryl methyl sites for hydroxylation is 3. The van der Waals surface area contributed by atoms with Crippen LogP contribution in [0, 0.1) is 13.8 Å². The minimum atomic E-state index is -3.96. The van der Waals surface area contributed by atoms with E-state index >= 15 is 0 Å². The van der Waals surface area contributed by atoms with Crippen molar-refractivity contribution in [2.45, 2.75) is 33.2 Å². The monoisotopic (exact) mass is 783 g/mol.